The monoisotopic (exact) mass is 433 g/mol. The summed E-state index contributed by atoms with van der Waals surface area (Å²) >= 11 is 0. The van der Waals surface area contributed by atoms with Gasteiger partial charge in [-0.15, -0.1) is 12.4 Å². The van der Waals surface area contributed by atoms with Crippen molar-refractivity contribution < 1.29 is 4.74 Å². The molecular formula is C25H24ClN3O2. The molecule has 1 saturated heterocycles. The van der Waals surface area contributed by atoms with Crippen LogP contribution in [-0.2, 0) is 13.0 Å². The molecule has 6 rings (SSSR count). The zero-order valence-corrected chi connectivity index (χ0v) is 17.8. The molecule has 4 heterocycles. The van der Waals surface area contributed by atoms with Crippen LogP contribution in [0.5, 0.6) is 5.75 Å². The van der Waals surface area contributed by atoms with E-state index in [2.05, 4.69) is 22.4 Å². The van der Waals surface area contributed by atoms with Gasteiger partial charge in [-0.1, -0.05) is 36.4 Å². The van der Waals surface area contributed by atoms with Gasteiger partial charge in [0.15, 0.2) is 0 Å². The summed E-state index contributed by atoms with van der Waals surface area (Å²) in [5.41, 5.74) is 5.71. The zero-order valence-electron chi connectivity index (χ0n) is 17.0. The van der Waals surface area contributed by atoms with Crippen molar-refractivity contribution in [1.82, 2.24) is 14.9 Å². The summed E-state index contributed by atoms with van der Waals surface area (Å²) in [7, 11) is 0. The van der Waals surface area contributed by atoms with E-state index in [9.17, 15) is 4.79 Å². The van der Waals surface area contributed by atoms with Crippen LogP contribution >= 0.6 is 12.4 Å². The Hall–Kier alpha value is -3.02. The number of rotatable bonds is 4. The van der Waals surface area contributed by atoms with E-state index < -0.39 is 0 Å². The predicted octanol–water partition coefficient (Wildman–Crippen LogP) is 4.67. The van der Waals surface area contributed by atoms with E-state index in [1.807, 2.05) is 42.5 Å². The third kappa shape index (κ3) is 3.54. The number of pyridine rings is 1. The molecule has 2 aromatic heterocycles. The maximum absolute atomic E-state index is 12.7. The number of aromatic nitrogens is 2. The molecule has 31 heavy (non-hydrogen) atoms. The Balaban J connectivity index is 0.00000204. The number of ether oxygens (including phenoxy) is 1. The first-order chi connectivity index (χ1) is 14.7. The van der Waals surface area contributed by atoms with E-state index in [4.69, 9.17) is 4.74 Å². The molecule has 158 valence electrons. The van der Waals surface area contributed by atoms with Gasteiger partial charge in [-0.25, -0.2) is 0 Å². The minimum absolute atomic E-state index is 0. The van der Waals surface area contributed by atoms with Gasteiger partial charge in [0.25, 0.3) is 5.56 Å². The summed E-state index contributed by atoms with van der Waals surface area (Å²) in [6.45, 7) is 0.445. The number of benzene rings is 2. The Morgan fingerprint density at radius 2 is 1.90 bits per heavy atom. The summed E-state index contributed by atoms with van der Waals surface area (Å²) in [4.78, 5) is 16.4. The van der Waals surface area contributed by atoms with Crippen LogP contribution in [-0.4, -0.2) is 15.6 Å². The van der Waals surface area contributed by atoms with E-state index in [1.54, 1.807) is 16.8 Å². The molecule has 0 radical (unpaired) electrons. The Labute approximate surface area is 186 Å². The van der Waals surface area contributed by atoms with Crippen LogP contribution < -0.4 is 15.6 Å². The summed E-state index contributed by atoms with van der Waals surface area (Å²) in [6, 6.07) is 20.7. The van der Waals surface area contributed by atoms with Gasteiger partial charge in [-0.05, 0) is 42.2 Å². The number of halogens is 1. The normalized spacial score (nSPS) is 19.1. The average Bonchev–Trinajstić information content (AvgIpc) is 3.33. The van der Waals surface area contributed by atoms with Crippen molar-refractivity contribution in [2.45, 2.75) is 38.0 Å². The molecule has 0 aliphatic carbocycles. The number of aromatic amines is 1. The van der Waals surface area contributed by atoms with Gasteiger partial charge in [0.1, 0.15) is 12.4 Å². The lowest BCUT2D eigenvalue weighted by Crippen LogP contribution is -2.31. The van der Waals surface area contributed by atoms with Gasteiger partial charge in [0.05, 0.1) is 5.69 Å². The number of H-pyrrole nitrogens is 1. The second-order valence-corrected chi connectivity index (χ2v) is 8.29. The summed E-state index contributed by atoms with van der Waals surface area (Å²) in [5, 5.41) is 4.99. The Kier molecular flexibility index (Phi) is 5.08. The molecule has 2 atom stereocenters. The third-order valence-corrected chi connectivity index (χ3v) is 6.36. The smallest absolute Gasteiger partial charge is 0.258 e. The van der Waals surface area contributed by atoms with Crippen LogP contribution in [0.15, 0.2) is 71.7 Å². The van der Waals surface area contributed by atoms with Gasteiger partial charge < -0.3 is 15.0 Å². The summed E-state index contributed by atoms with van der Waals surface area (Å²) in [6.07, 6.45) is 5.30. The number of nitrogens with one attached hydrogen (secondary N) is 2. The Bertz CT molecular complexity index is 1300. The number of hydrogen-bond acceptors (Lipinski definition) is 3. The first kappa shape index (κ1) is 19.9. The molecule has 0 saturated carbocycles. The van der Waals surface area contributed by atoms with E-state index >= 15 is 0 Å². The van der Waals surface area contributed by atoms with Crippen molar-refractivity contribution >= 4 is 23.3 Å². The average molecular weight is 434 g/mol. The molecule has 2 unspecified atom stereocenters. The largest absolute Gasteiger partial charge is 0.489 e. The molecule has 2 N–H and O–H groups in total. The Morgan fingerprint density at radius 3 is 2.74 bits per heavy atom. The van der Waals surface area contributed by atoms with Crippen molar-refractivity contribution in [3.63, 3.8) is 0 Å². The second-order valence-electron chi connectivity index (χ2n) is 8.29. The molecule has 2 aliphatic heterocycles. The first-order valence-electron chi connectivity index (χ1n) is 10.5. The van der Waals surface area contributed by atoms with Crippen LogP contribution in [0.3, 0.4) is 0 Å². The fraction of sp³-hybridized carbons (Fsp3) is 0.240. The fourth-order valence-corrected chi connectivity index (χ4v) is 4.93. The SMILES string of the molecule is Cl.O=c1cc(OCc2ccccc2)ccn1-c1ccc2c3c([nH]c2c1)CC1CCC3N1. The number of hydrogen-bond donors (Lipinski definition) is 2. The van der Waals surface area contributed by atoms with Crippen molar-refractivity contribution in [1.29, 1.82) is 0 Å². The number of nitrogens with zero attached hydrogens (tertiary/aromatic N) is 1. The minimum Gasteiger partial charge on any atom is -0.489 e. The Morgan fingerprint density at radius 1 is 1.03 bits per heavy atom. The molecule has 5 nitrogen and oxygen atoms in total. The van der Waals surface area contributed by atoms with Gasteiger partial charge >= 0.3 is 0 Å². The van der Waals surface area contributed by atoms with Crippen LogP contribution in [0.4, 0.5) is 0 Å². The quantitative estimate of drug-likeness (QED) is 0.491. The second kappa shape index (κ2) is 7.91. The highest BCUT2D eigenvalue weighted by Crippen LogP contribution is 2.40. The van der Waals surface area contributed by atoms with Gasteiger partial charge in [-0.2, -0.15) is 0 Å². The number of fused-ring (bicyclic) bond motifs is 6. The minimum atomic E-state index is -0.100. The molecule has 6 heteroatoms. The lowest BCUT2D eigenvalue weighted by molar-refractivity contribution is 0.305. The first-order valence-corrected chi connectivity index (χ1v) is 10.5. The van der Waals surface area contributed by atoms with E-state index in [0.717, 1.165) is 23.2 Å². The highest BCUT2D eigenvalue weighted by atomic mass is 35.5. The molecule has 1 fully saturated rings. The van der Waals surface area contributed by atoms with Crippen molar-refractivity contribution in [2.75, 3.05) is 0 Å². The standard InChI is InChI=1S/C25H23N3O2.ClH/c29-24-14-19(30-15-16-4-2-1-3-5-16)10-11-28(24)18-7-8-20-22(13-18)27-23-12-17-6-9-21(26-17)25(20)23;/h1-5,7-8,10-11,13-14,17,21,26-27H,6,9,12,15H2;1H. The van der Waals surface area contributed by atoms with Crippen LogP contribution in [0.1, 0.15) is 35.7 Å². The molecule has 2 bridgehead atoms. The summed E-state index contributed by atoms with van der Waals surface area (Å²) < 4.78 is 7.46. The molecule has 2 aromatic carbocycles. The molecule has 4 aromatic rings. The maximum atomic E-state index is 12.7. The lowest BCUT2D eigenvalue weighted by Gasteiger charge is -2.21. The molecule has 0 spiro atoms. The van der Waals surface area contributed by atoms with Crippen LogP contribution in [0, 0.1) is 0 Å². The highest BCUT2D eigenvalue weighted by Gasteiger charge is 2.34. The van der Waals surface area contributed by atoms with Crippen molar-refractivity contribution in [3.05, 3.63) is 94.0 Å². The molecular weight excluding hydrogens is 410 g/mol. The molecule has 2 aliphatic rings. The fourth-order valence-electron chi connectivity index (χ4n) is 4.93. The van der Waals surface area contributed by atoms with E-state index in [1.165, 1.54) is 29.5 Å². The summed E-state index contributed by atoms with van der Waals surface area (Å²) in [5.74, 6) is 0.582. The van der Waals surface area contributed by atoms with Gasteiger partial charge in [0, 0.05) is 47.4 Å². The van der Waals surface area contributed by atoms with Crippen molar-refractivity contribution in [2.24, 2.45) is 0 Å². The molecule has 0 amide bonds. The van der Waals surface area contributed by atoms with Crippen molar-refractivity contribution in [3.8, 4) is 11.4 Å². The van der Waals surface area contributed by atoms with Crippen LogP contribution in [0.25, 0.3) is 16.6 Å². The predicted molar refractivity (Wildman–Crippen MR) is 125 cm³/mol. The maximum Gasteiger partial charge on any atom is 0.258 e. The van der Waals surface area contributed by atoms with Gasteiger partial charge in [-0.3, -0.25) is 9.36 Å². The lowest BCUT2D eigenvalue weighted by atomic mass is 9.99. The van der Waals surface area contributed by atoms with Crippen LogP contribution in [0.2, 0.25) is 0 Å². The highest BCUT2D eigenvalue weighted by molar-refractivity contribution is 5.87. The zero-order chi connectivity index (χ0) is 20.1. The van der Waals surface area contributed by atoms with E-state index in [0.29, 0.717) is 24.4 Å². The van der Waals surface area contributed by atoms with E-state index in [-0.39, 0.29) is 18.0 Å². The third-order valence-electron chi connectivity index (χ3n) is 6.36. The topological polar surface area (TPSA) is 59.0 Å². The van der Waals surface area contributed by atoms with Gasteiger partial charge in [0.2, 0.25) is 0 Å².